The molecule has 1 aliphatic carbocycles. The second-order valence-corrected chi connectivity index (χ2v) is 7.24. The van der Waals surface area contributed by atoms with Gasteiger partial charge in [-0.2, -0.15) is 4.31 Å². The quantitative estimate of drug-likeness (QED) is 0.711. The van der Waals surface area contributed by atoms with Crippen molar-refractivity contribution in [2.45, 2.75) is 37.8 Å². The molecule has 0 radical (unpaired) electrons. The maximum absolute atomic E-state index is 12.2. The molecular weight excluding hydrogens is 256 g/mol. The van der Waals surface area contributed by atoms with Crippen LogP contribution in [-0.4, -0.2) is 50.2 Å². The SMILES string of the molecule is COC(=O)CCS(=O)(=O)N1CC2CC(N)CC1C2. The van der Waals surface area contributed by atoms with Crippen LogP contribution in [0.2, 0.25) is 0 Å². The summed E-state index contributed by atoms with van der Waals surface area (Å²) in [6, 6.07) is 0.135. The molecule has 104 valence electrons. The van der Waals surface area contributed by atoms with Crippen molar-refractivity contribution >= 4 is 16.0 Å². The Morgan fingerprint density at radius 1 is 1.39 bits per heavy atom. The van der Waals surface area contributed by atoms with E-state index in [0.29, 0.717) is 12.5 Å². The van der Waals surface area contributed by atoms with Crippen molar-refractivity contribution in [3.05, 3.63) is 0 Å². The third-order valence-corrected chi connectivity index (χ3v) is 5.69. The van der Waals surface area contributed by atoms with Crippen molar-refractivity contribution in [2.24, 2.45) is 11.7 Å². The molecule has 1 saturated heterocycles. The van der Waals surface area contributed by atoms with Crippen LogP contribution in [0.5, 0.6) is 0 Å². The van der Waals surface area contributed by atoms with E-state index in [1.807, 2.05) is 0 Å². The van der Waals surface area contributed by atoms with Crippen LogP contribution < -0.4 is 5.73 Å². The van der Waals surface area contributed by atoms with Crippen LogP contribution in [0.3, 0.4) is 0 Å². The van der Waals surface area contributed by atoms with E-state index in [4.69, 9.17) is 5.73 Å². The van der Waals surface area contributed by atoms with Gasteiger partial charge in [-0.1, -0.05) is 0 Å². The third-order valence-electron chi connectivity index (χ3n) is 3.81. The summed E-state index contributed by atoms with van der Waals surface area (Å²) in [6.07, 6.45) is 2.46. The molecule has 0 aromatic heterocycles. The normalized spacial score (nSPS) is 32.4. The number of hydrogen-bond acceptors (Lipinski definition) is 5. The van der Waals surface area contributed by atoms with Crippen LogP contribution in [0.4, 0.5) is 0 Å². The maximum Gasteiger partial charge on any atom is 0.306 e. The van der Waals surface area contributed by atoms with Gasteiger partial charge in [0, 0.05) is 18.6 Å². The highest BCUT2D eigenvalue weighted by Gasteiger charge is 2.43. The van der Waals surface area contributed by atoms with E-state index in [1.54, 1.807) is 4.31 Å². The van der Waals surface area contributed by atoms with Gasteiger partial charge in [-0.05, 0) is 25.2 Å². The predicted octanol–water partition coefficient (Wildman–Crippen LogP) is -0.309. The summed E-state index contributed by atoms with van der Waals surface area (Å²) in [4.78, 5) is 11.0. The molecule has 1 saturated carbocycles. The number of carbonyl (C=O) groups is 1. The fraction of sp³-hybridized carbons (Fsp3) is 0.909. The standard InChI is InChI=1S/C11H20N2O4S/c1-17-11(14)2-3-18(15,16)13-7-8-4-9(12)6-10(13)5-8/h8-10H,2-7,12H2,1H3. The minimum Gasteiger partial charge on any atom is -0.469 e. The van der Waals surface area contributed by atoms with Gasteiger partial charge in [-0.25, -0.2) is 8.42 Å². The van der Waals surface area contributed by atoms with Gasteiger partial charge in [0.05, 0.1) is 19.3 Å². The largest absolute Gasteiger partial charge is 0.469 e. The van der Waals surface area contributed by atoms with Gasteiger partial charge in [-0.15, -0.1) is 0 Å². The summed E-state index contributed by atoms with van der Waals surface area (Å²) in [5, 5.41) is 0. The summed E-state index contributed by atoms with van der Waals surface area (Å²) in [5.41, 5.74) is 5.91. The molecule has 0 amide bonds. The molecule has 2 fully saturated rings. The van der Waals surface area contributed by atoms with Crippen molar-refractivity contribution in [1.82, 2.24) is 4.31 Å². The zero-order valence-electron chi connectivity index (χ0n) is 10.5. The average molecular weight is 276 g/mol. The van der Waals surface area contributed by atoms with Crippen LogP contribution in [0.1, 0.15) is 25.7 Å². The van der Waals surface area contributed by atoms with E-state index in [1.165, 1.54) is 7.11 Å². The first kappa shape index (κ1) is 13.8. The second-order valence-electron chi connectivity index (χ2n) is 5.20. The zero-order chi connectivity index (χ0) is 13.3. The second kappa shape index (κ2) is 5.14. The fourth-order valence-electron chi connectivity index (χ4n) is 3.01. The molecule has 1 heterocycles. The van der Waals surface area contributed by atoms with Crippen LogP contribution in [0.25, 0.3) is 0 Å². The van der Waals surface area contributed by atoms with Crippen LogP contribution in [0.15, 0.2) is 0 Å². The number of methoxy groups -OCH3 is 1. The molecule has 3 unspecified atom stereocenters. The van der Waals surface area contributed by atoms with E-state index in [2.05, 4.69) is 4.74 Å². The third kappa shape index (κ3) is 2.84. The first-order chi connectivity index (χ1) is 8.42. The summed E-state index contributed by atoms with van der Waals surface area (Å²) in [7, 11) is -2.11. The number of fused-ring (bicyclic) bond motifs is 2. The van der Waals surface area contributed by atoms with Crippen molar-refractivity contribution in [3.63, 3.8) is 0 Å². The lowest BCUT2D eigenvalue weighted by Crippen LogP contribution is -2.40. The molecule has 2 N–H and O–H groups in total. The first-order valence-electron chi connectivity index (χ1n) is 6.24. The highest BCUT2D eigenvalue weighted by molar-refractivity contribution is 7.89. The van der Waals surface area contributed by atoms with Crippen molar-refractivity contribution in [1.29, 1.82) is 0 Å². The molecule has 0 aromatic carbocycles. The Balaban J connectivity index is 2.00. The highest BCUT2D eigenvalue weighted by atomic mass is 32.2. The zero-order valence-corrected chi connectivity index (χ0v) is 11.4. The van der Waals surface area contributed by atoms with Crippen LogP contribution >= 0.6 is 0 Å². The highest BCUT2D eigenvalue weighted by Crippen LogP contribution is 2.36. The lowest BCUT2D eigenvalue weighted by molar-refractivity contribution is -0.140. The Labute approximate surface area is 108 Å². The molecule has 0 aromatic rings. The fourth-order valence-corrected chi connectivity index (χ4v) is 4.73. The molecule has 2 bridgehead atoms. The van der Waals surface area contributed by atoms with Crippen molar-refractivity contribution < 1.29 is 17.9 Å². The van der Waals surface area contributed by atoms with Crippen LogP contribution in [0, 0.1) is 5.92 Å². The Morgan fingerprint density at radius 3 is 2.78 bits per heavy atom. The van der Waals surface area contributed by atoms with Gasteiger partial charge in [0.2, 0.25) is 10.0 Å². The van der Waals surface area contributed by atoms with Crippen LogP contribution in [-0.2, 0) is 19.6 Å². The molecular formula is C11H20N2O4S. The van der Waals surface area contributed by atoms with E-state index in [9.17, 15) is 13.2 Å². The lowest BCUT2D eigenvalue weighted by Gasteiger charge is -2.26. The topological polar surface area (TPSA) is 89.7 Å². The molecule has 1 aliphatic heterocycles. The van der Waals surface area contributed by atoms with Gasteiger partial charge in [0.25, 0.3) is 0 Å². The molecule has 7 heteroatoms. The Morgan fingerprint density at radius 2 is 2.11 bits per heavy atom. The molecule has 18 heavy (non-hydrogen) atoms. The number of hydrogen-bond donors (Lipinski definition) is 1. The molecule has 2 rings (SSSR count). The minimum atomic E-state index is -3.37. The Kier molecular flexibility index (Phi) is 3.93. The summed E-state index contributed by atoms with van der Waals surface area (Å²) in [5.74, 6) is -0.276. The number of carbonyl (C=O) groups excluding carboxylic acids is 1. The first-order valence-corrected chi connectivity index (χ1v) is 7.85. The van der Waals surface area contributed by atoms with Gasteiger partial charge in [0.1, 0.15) is 0 Å². The molecule has 6 nitrogen and oxygen atoms in total. The number of esters is 1. The van der Waals surface area contributed by atoms with Crippen molar-refractivity contribution in [2.75, 3.05) is 19.4 Å². The van der Waals surface area contributed by atoms with Crippen molar-refractivity contribution in [3.8, 4) is 0 Å². The Hall–Kier alpha value is -0.660. The van der Waals surface area contributed by atoms with Gasteiger partial charge >= 0.3 is 5.97 Å². The van der Waals surface area contributed by atoms with E-state index in [-0.39, 0.29) is 24.3 Å². The average Bonchev–Trinajstić information content (AvgIpc) is 2.62. The monoisotopic (exact) mass is 276 g/mol. The molecule has 3 atom stereocenters. The van der Waals surface area contributed by atoms with Gasteiger partial charge < -0.3 is 10.5 Å². The number of sulfonamides is 1. The molecule has 0 spiro atoms. The van der Waals surface area contributed by atoms with Gasteiger partial charge in [-0.3, -0.25) is 4.79 Å². The Bertz CT molecular complexity index is 423. The van der Waals surface area contributed by atoms with E-state index < -0.39 is 16.0 Å². The summed E-state index contributed by atoms with van der Waals surface area (Å²) in [6.45, 7) is 0.557. The summed E-state index contributed by atoms with van der Waals surface area (Å²) < 4.78 is 30.4. The minimum absolute atomic E-state index is 0.0291. The van der Waals surface area contributed by atoms with Gasteiger partial charge in [0.15, 0.2) is 0 Å². The smallest absolute Gasteiger partial charge is 0.306 e. The maximum atomic E-state index is 12.2. The number of rotatable bonds is 4. The van der Waals surface area contributed by atoms with E-state index >= 15 is 0 Å². The van der Waals surface area contributed by atoms with E-state index in [0.717, 1.165) is 19.3 Å². The number of nitrogens with two attached hydrogens (primary N) is 1. The lowest BCUT2D eigenvalue weighted by atomic mass is 9.87. The predicted molar refractivity (Wildman–Crippen MR) is 66.2 cm³/mol. The molecule has 2 aliphatic rings. The number of nitrogens with zero attached hydrogens (tertiary/aromatic N) is 1. The summed E-state index contributed by atoms with van der Waals surface area (Å²) >= 11 is 0. The number of ether oxygens (including phenoxy) is 1.